The van der Waals surface area contributed by atoms with Crippen molar-refractivity contribution >= 4 is 5.91 Å². The smallest absolute Gasteiger partial charge is 0.260 e. The Hall–Kier alpha value is -1.65. The summed E-state index contributed by atoms with van der Waals surface area (Å²) in [6.45, 7) is -0.227. The molecule has 0 spiro atoms. The van der Waals surface area contributed by atoms with Crippen LogP contribution in [0.4, 0.5) is 8.78 Å². The minimum absolute atomic E-state index is 0.0981. The van der Waals surface area contributed by atoms with Crippen molar-refractivity contribution < 1.29 is 18.3 Å². The molecule has 0 bridgehead atoms. The number of hydrogen-bond donors (Lipinski definition) is 0. The molecule has 3 nitrogen and oxygen atoms in total. The Labute approximate surface area is 123 Å². The zero-order chi connectivity index (χ0) is 15.2. The molecule has 1 aliphatic carbocycles. The van der Waals surface area contributed by atoms with Gasteiger partial charge in [-0.2, -0.15) is 0 Å². The zero-order valence-electron chi connectivity index (χ0n) is 12.3. The maximum Gasteiger partial charge on any atom is 0.260 e. The third-order valence-corrected chi connectivity index (χ3v) is 4.01. The minimum Gasteiger partial charge on any atom is -0.481 e. The summed E-state index contributed by atoms with van der Waals surface area (Å²) in [5.74, 6) is -1.73. The van der Waals surface area contributed by atoms with E-state index in [4.69, 9.17) is 4.74 Å². The number of halogens is 2. The molecular weight excluding hydrogens is 276 g/mol. The predicted molar refractivity (Wildman–Crippen MR) is 76.1 cm³/mol. The molecule has 0 aliphatic heterocycles. The van der Waals surface area contributed by atoms with Crippen LogP contribution in [0.5, 0.6) is 5.75 Å². The van der Waals surface area contributed by atoms with Crippen LogP contribution < -0.4 is 4.74 Å². The lowest BCUT2D eigenvalue weighted by molar-refractivity contribution is -0.134. The first-order valence-electron chi connectivity index (χ1n) is 7.41. The van der Waals surface area contributed by atoms with E-state index in [0.29, 0.717) is 0 Å². The van der Waals surface area contributed by atoms with Crippen LogP contribution in [0.2, 0.25) is 0 Å². The van der Waals surface area contributed by atoms with Gasteiger partial charge in [0.25, 0.3) is 5.91 Å². The van der Waals surface area contributed by atoms with E-state index in [0.717, 1.165) is 37.8 Å². The van der Waals surface area contributed by atoms with Gasteiger partial charge >= 0.3 is 0 Å². The SMILES string of the molecule is CN(C(=O)COc1ccc(F)cc1F)C1CCCCCC1. The van der Waals surface area contributed by atoms with E-state index in [-0.39, 0.29) is 24.3 Å². The fourth-order valence-corrected chi connectivity index (χ4v) is 2.68. The maximum atomic E-state index is 13.4. The van der Waals surface area contributed by atoms with E-state index in [1.54, 1.807) is 11.9 Å². The molecule has 0 saturated heterocycles. The van der Waals surface area contributed by atoms with Crippen LogP contribution >= 0.6 is 0 Å². The fourth-order valence-electron chi connectivity index (χ4n) is 2.68. The lowest BCUT2D eigenvalue weighted by atomic mass is 10.1. The van der Waals surface area contributed by atoms with Gasteiger partial charge < -0.3 is 9.64 Å². The first-order valence-corrected chi connectivity index (χ1v) is 7.41. The van der Waals surface area contributed by atoms with Crippen LogP contribution in [0, 0.1) is 11.6 Å². The lowest BCUT2D eigenvalue weighted by Gasteiger charge is -2.27. The van der Waals surface area contributed by atoms with Crippen molar-refractivity contribution in [2.24, 2.45) is 0 Å². The molecule has 2 rings (SSSR count). The molecule has 0 N–H and O–H groups in total. The summed E-state index contributed by atoms with van der Waals surface area (Å²) in [5.41, 5.74) is 0. The van der Waals surface area contributed by atoms with Gasteiger partial charge in [-0.3, -0.25) is 4.79 Å². The van der Waals surface area contributed by atoms with E-state index < -0.39 is 11.6 Å². The lowest BCUT2D eigenvalue weighted by Crippen LogP contribution is -2.39. The van der Waals surface area contributed by atoms with Gasteiger partial charge in [-0.1, -0.05) is 25.7 Å². The largest absolute Gasteiger partial charge is 0.481 e. The molecule has 1 aliphatic rings. The predicted octanol–water partition coefficient (Wildman–Crippen LogP) is 3.52. The third kappa shape index (κ3) is 4.41. The van der Waals surface area contributed by atoms with Crippen molar-refractivity contribution in [3.63, 3.8) is 0 Å². The van der Waals surface area contributed by atoms with Crippen molar-refractivity contribution in [1.29, 1.82) is 0 Å². The molecular formula is C16H21F2NO2. The van der Waals surface area contributed by atoms with Crippen LogP contribution in [0.25, 0.3) is 0 Å². The van der Waals surface area contributed by atoms with E-state index in [2.05, 4.69) is 0 Å². The molecule has 0 radical (unpaired) electrons. The number of nitrogens with zero attached hydrogens (tertiary/aromatic N) is 1. The second kappa shape index (κ2) is 7.38. The van der Waals surface area contributed by atoms with E-state index in [1.807, 2.05) is 0 Å². The Morgan fingerprint density at radius 1 is 1.24 bits per heavy atom. The van der Waals surface area contributed by atoms with Gasteiger partial charge in [-0.05, 0) is 25.0 Å². The standard InChI is InChI=1S/C16H21F2NO2/c1-19(13-6-4-2-3-5-7-13)16(20)11-21-15-9-8-12(17)10-14(15)18/h8-10,13H,2-7,11H2,1H3. The second-order valence-corrected chi connectivity index (χ2v) is 5.51. The van der Waals surface area contributed by atoms with Crippen molar-refractivity contribution in [1.82, 2.24) is 4.90 Å². The first-order chi connectivity index (χ1) is 10.1. The summed E-state index contributed by atoms with van der Waals surface area (Å²) in [6, 6.07) is 3.29. The van der Waals surface area contributed by atoms with Gasteiger partial charge in [0, 0.05) is 19.2 Å². The van der Waals surface area contributed by atoms with Gasteiger partial charge in [0.2, 0.25) is 0 Å². The number of hydrogen-bond acceptors (Lipinski definition) is 2. The first kappa shape index (κ1) is 15.7. The number of likely N-dealkylation sites (N-methyl/N-ethyl adjacent to an activating group) is 1. The monoisotopic (exact) mass is 297 g/mol. The Bertz CT molecular complexity index is 485. The molecule has 1 saturated carbocycles. The molecule has 1 fully saturated rings. The Morgan fingerprint density at radius 2 is 1.90 bits per heavy atom. The highest BCUT2D eigenvalue weighted by molar-refractivity contribution is 5.77. The van der Waals surface area contributed by atoms with Gasteiger partial charge in [-0.15, -0.1) is 0 Å². The summed E-state index contributed by atoms with van der Waals surface area (Å²) in [5, 5.41) is 0. The second-order valence-electron chi connectivity index (χ2n) is 5.51. The Kier molecular flexibility index (Phi) is 5.53. The number of ether oxygens (including phenoxy) is 1. The summed E-state index contributed by atoms with van der Waals surface area (Å²) in [6.07, 6.45) is 6.72. The van der Waals surface area contributed by atoms with Crippen LogP contribution in [0.1, 0.15) is 38.5 Å². The summed E-state index contributed by atoms with van der Waals surface area (Å²) in [7, 11) is 1.77. The Morgan fingerprint density at radius 3 is 2.52 bits per heavy atom. The average molecular weight is 297 g/mol. The number of amides is 1. The van der Waals surface area contributed by atoms with Crippen LogP contribution in [0.3, 0.4) is 0 Å². The molecule has 0 unspecified atom stereocenters. The van der Waals surface area contributed by atoms with Gasteiger partial charge in [-0.25, -0.2) is 8.78 Å². The molecule has 1 amide bonds. The molecule has 1 aromatic carbocycles. The van der Waals surface area contributed by atoms with Crippen molar-refractivity contribution in [2.75, 3.05) is 13.7 Å². The highest BCUT2D eigenvalue weighted by Crippen LogP contribution is 2.22. The molecule has 0 atom stereocenters. The normalized spacial score (nSPS) is 16.3. The highest BCUT2D eigenvalue weighted by atomic mass is 19.1. The van der Waals surface area contributed by atoms with Gasteiger partial charge in [0.15, 0.2) is 18.2 Å². The van der Waals surface area contributed by atoms with E-state index in [9.17, 15) is 13.6 Å². The fraction of sp³-hybridized carbons (Fsp3) is 0.562. The molecule has 21 heavy (non-hydrogen) atoms. The number of carbonyl (C=O) groups excluding carboxylic acids is 1. The molecule has 5 heteroatoms. The molecule has 0 heterocycles. The molecule has 116 valence electrons. The Balaban J connectivity index is 1.88. The minimum atomic E-state index is -0.792. The molecule has 0 aromatic heterocycles. The van der Waals surface area contributed by atoms with Crippen molar-refractivity contribution in [3.8, 4) is 5.75 Å². The topological polar surface area (TPSA) is 29.5 Å². The van der Waals surface area contributed by atoms with E-state index >= 15 is 0 Å². The average Bonchev–Trinajstić information content (AvgIpc) is 2.74. The maximum absolute atomic E-state index is 13.4. The van der Waals surface area contributed by atoms with Crippen molar-refractivity contribution in [3.05, 3.63) is 29.8 Å². The van der Waals surface area contributed by atoms with Crippen LogP contribution in [0.15, 0.2) is 18.2 Å². The van der Waals surface area contributed by atoms with Crippen LogP contribution in [-0.4, -0.2) is 30.5 Å². The zero-order valence-corrected chi connectivity index (χ0v) is 12.3. The van der Waals surface area contributed by atoms with Gasteiger partial charge in [0.05, 0.1) is 0 Å². The number of benzene rings is 1. The number of rotatable bonds is 4. The number of carbonyl (C=O) groups is 1. The third-order valence-electron chi connectivity index (χ3n) is 4.01. The van der Waals surface area contributed by atoms with Crippen molar-refractivity contribution in [2.45, 2.75) is 44.6 Å². The van der Waals surface area contributed by atoms with Crippen LogP contribution in [-0.2, 0) is 4.79 Å². The summed E-state index contributed by atoms with van der Waals surface area (Å²) >= 11 is 0. The quantitative estimate of drug-likeness (QED) is 0.796. The highest BCUT2D eigenvalue weighted by Gasteiger charge is 2.21. The van der Waals surface area contributed by atoms with E-state index in [1.165, 1.54) is 18.9 Å². The summed E-state index contributed by atoms with van der Waals surface area (Å²) in [4.78, 5) is 13.8. The van der Waals surface area contributed by atoms with Gasteiger partial charge in [0.1, 0.15) is 5.82 Å². The summed E-state index contributed by atoms with van der Waals surface area (Å²) < 4.78 is 31.4. The molecule has 1 aromatic rings.